The van der Waals surface area contributed by atoms with E-state index in [-0.39, 0.29) is 12.0 Å². The van der Waals surface area contributed by atoms with Crippen molar-refractivity contribution in [1.29, 1.82) is 0 Å². The molecule has 1 saturated heterocycles. The van der Waals surface area contributed by atoms with Crippen LogP contribution >= 0.6 is 0 Å². The molecule has 1 aliphatic heterocycles. The quantitative estimate of drug-likeness (QED) is 0.540. The summed E-state index contributed by atoms with van der Waals surface area (Å²) in [7, 11) is 0. The van der Waals surface area contributed by atoms with E-state index in [9.17, 15) is 19.6 Å². The van der Waals surface area contributed by atoms with Gasteiger partial charge in [-0.2, -0.15) is 0 Å². The number of fused-ring (bicyclic) bond motifs is 1. The molecule has 4 N–H and O–H groups in total. The van der Waals surface area contributed by atoms with Gasteiger partial charge < -0.3 is 15.4 Å². The molecule has 1 aliphatic carbocycles. The van der Waals surface area contributed by atoms with Crippen LogP contribution in [0.15, 0.2) is 11.8 Å². The number of amides is 3. The molecule has 0 spiro atoms. The molecular formula is C19H33N5O5. The molecule has 0 radical (unpaired) electrons. The second-order valence-corrected chi connectivity index (χ2v) is 8.78. The van der Waals surface area contributed by atoms with Crippen LogP contribution in [-0.4, -0.2) is 57.1 Å². The van der Waals surface area contributed by atoms with Crippen LogP contribution < -0.4 is 16.1 Å². The van der Waals surface area contributed by atoms with E-state index >= 15 is 0 Å². The number of carbonyl (C=O) groups is 3. The minimum atomic E-state index is -0.915. The number of alkyl carbamates (subject to hydrolysis) is 1. The van der Waals surface area contributed by atoms with Gasteiger partial charge in [0.05, 0.1) is 11.7 Å². The van der Waals surface area contributed by atoms with E-state index in [0.29, 0.717) is 11.0 Å². The highest BCUT2D eigenvalue weighted by Crippen LogP contribution is 2.28. The summed E-state index contributed by atoms with van der Waals surface area (Å²) in [5.41, 5.74) is 2.81. The lowest BCUT2D eigenvalue weighted by atomic mass is 9.99. The third-order valence-electron chi connectivity index (χ3n) is 4.67. The van der Waals surface area contributed by atoms with Crippen molar-refractivity contribution >= 4 is 17.9 Å². The Balaban J connectivity index is 2.02. The van der Waals surface area contributed by atoms with Crippen molar-refractivity contribution in [2.24, 2.45) is 5.92 Å². The van der Waals surface area contributed by atoms with Crippen molar-refractivity contribution in [3.05, 3.63) is 11.8 Å². The smallest absolute Gasteiger partial charge is 0.408 e. The van der Waals surface area contributed by atoms with Crippen molar-refractivity contribution < 1.29 is 24.3 Å². The van der Waals surface area contributed by atoms with Crippen molar-refractivity contribution in [2.45, 2.75) is 84.5 Å². The van der Waals surface area contributed by atoms with Crippen LogP contribution in [0.25, 0.3) is 0 Å². The SMILES string of the molecule is CC(C)[C@H](NC(=O)OC(C)(C)C)C(=O)N[C@@H](C)C(=O)N1C2=CCCC[C@@H]2NN1O. The molecule has 1 fully saturated rings. The number of hydrogen-bond donors (Lipinski definition) is 4. The molecular weight excluding hydrogens is 378 g/mol. The predicted molar refractivity (Wildman–Crippen MR) is 105 cm³/mol. The number of carbonyl (C=O) groups excluding carboxylic acids is 3. The molecule has 3 amide bonds. The highest BCUT2D eigenvalue weighted by atomic mass is 16.6. The highest BCUT2D eigenvalue weighted by Gasteiger charge is 2.41. The van der Waals surface area contributed by atoms with Crippen LogP contribution in [0.2, 0.25) is 0 Å². The summed E-state index contributed by atoms with van der Waals surface area (Å²) in [5, 5.41) is 17.1. The number of hydrazine groups is 2. The van der Waals surface area contributed by atoms with E-state index < -0.39 is 35.6 Å². The van der Waals surface area contributed by atoms with Gasteiger partial charge in [-0.1, -0.05) is 19.9 Å². The van der Waals surface area contributed by atoms with Gasteiger partial charge in [0.1, 0.15) is 17.7 Å². The Morgan fingerprint density at radius 3 is 2.48 bits per heavy atom. The Kier molecular flexibility index (Phi) is 7.25. The van der Waals surface area contributed by atoms with Crippen LogP contribution in [-0.2, 0) is 14.3 Å². The summed E-state index contributed by atoms with van der Waals surface area (Å²) >= 11 is 0. The molecule has 2 aliphatic rings. The summed E-state index contributed by atoms with van der Waals surface area (Å²) in [6.07, 6.45) is 3.80. The third-order valence-corrected chi connectivity index (χ3v) is 4.67. The minimum absolute atomic E-state index is 0.127. The Morgan fingerprint density at radius 2 is 1.90 bits per heavy atom. The van der Waals surface area contributed by atoms with E-state index in [4.69, 9.17) is 4.74 Å². The number of ether oxygens (including phenoxy) is 1. The van der Waals surface area contributed by atoms with Crippen LogP contribution in [0.1, 0.15) is 60.8 Å². The summed E-state index contributed by atoms with van der Waals surface area (Å²) in [4.78, 5) is 37.6. The lowest BCUT2D eigenvalue weighted by molar-refractivity contribution is -0.239. The van der Waals surface area contributed by atoms with E-state index in [2.05, 4.69) is 16.1 Å². The van der Waals surface area contributed by atoms with Gasteiger partial charge in [0.25, 0.3) is 5.91 Å². The second kappa shape index (κ2) is 9.10. The molecule has 10 heteroatoms. The highest BCUT2D eigenvalue weighted by molar-refractivity contribution is 5.91. The molecule has 2 rings (SSSR count). The molecule has 0 unspecified atom stereocenters. The maximum atomic E-state index is 12.9. The summed E-state index contributed by atoms with van der Waals surface area (Å²) in [6.45, 7) is 10.3. The average Bonchev–Trinajstić information content (AvgIpc) is 2.92. The fourth-order valence-corrected chi connectivity index (χ4v) is 3.27. The molecule has 29 heavy (non-hydrogen) atoms. The molecule has 3 atom stereocenters. The topological polar surface area (TPSA) is 123 Å². The van der Waals surface area contributed by atoms with Gasteiger partial charge in [-0.3, -0.25) is 14.8 Å². The van der Waals surface area contributed by atoms with Crippen LogP contribution in [0.4, 0.5) is 4.79 Å². The number of rotatable bonds is 5. The van der Waals surface area contributed by atoms with Crippen molar-refractivity contribution in [3.8, 4) is 0 Å². The average molecular weight is 412 g/mol. The zero-order valence-electron chi connectivity index (χ0n) is 18.0. The number of nitrogens with zero attached hydrogens (tertiary/aromatic N) is 2. The van der Waals surface area contributed by atoms with Crippen molar-refractivity contribution in [3.63, 3.8) is 0 Å². The first-order chi connectivity index (χ1) is 13.4. The summed E-state index contributed by atoms with van der Waals surface area (Å²) in [5.74, 6) is -1.21. The molecule has 0 bridgehead atoms. The van der Waals surface area contributed by atoms with E-state index in [1.807, 2.05) is 6.08 Å². The predicted octanol–water partition coefficient (Wildman–Crippen LogP) is 1.43. The normalized spacial score (nSPS) is 21.9. The number of allylic oxidation sites excluding steroid dienone is 1. The second-order valence-electron chi connectivity index (χ2n) is 8.78. The fraction of sp³-hybridized carbons (Fsp3) is 0.737. The maximum absolute atomic E-state index is 12.9. The van der Waals surface area contributed by atoms with Crippen LogP contribution in [0, 0.1) is 5.92 Å². The monoisotopic (exact) mass is 411 g/mol. The molecule has 1 heterocycles. The largest absolute Gasteiger partial charge is 0.444 e. The zero-order chi connectivity index (χ0) is 21.9. The summed E-state index contributed by atoms with van der Waals surface area (Å²) in [6, 6.07) is -1.91. The third kappa shape index (κ3) is 5.91. The van der Waals surface area contributed by atoms with Crippen molar-refractivity contribution in [1.82, 2.24) is 26.3 Å². The standard InChI is InChI=1S/C19H33N5O5/c1-11(2)15(21-18(27)29-19(4,5)6)16(25)20-12(3)17(26)23-14-10-8-7-9-13(14)22-24(23)28/h10-13,15,22,28H,7-9H2,1-6H3,(H,20,25)(H,21,27)/t12-,13-,15-/m0/s1. The van der Waals surface area contributed by atoms with Crippen LogP contribution in [0.5, 0.6) is 0 Å². The van der Waals surface area contributed by atoms with Gasteiger partial charge >= 0.3 is 6.09 Å². The van der Waals surface area contributed by atoms with E-state index in [1.54, 1.807) is 34.6 Å². The Hall–Kier alpha value is -2.17. The Morgan fingerprint density at radius 1 is 1.24 bits per heavy atom. The maximum Gasteiger partial charge on any atom is 0.408 e. The Labute approximate surface area is 171 Å². The van der Waals surface area contributed by atoms with Gasteiger partial charge in [0.15, 0.2) is 0 Å². The summed E-state index contributed by atoms with van der Waals surface area (Å²) < 4.78 is 5.21. The first kappa shape index (κ1) is 23.1. The van der Waals surface area contributed by atoms with Gasteiger partial charge in [-0.15, -0.1) is 0 Å². The molecule has 0 aromatic rings. The van der Waals surface area contributed by atoms with Gasteiger partial charge in [-0.05, 0) is 58.2 Å². The molecule has 0 aromatic heterocycles. The molecule has 0 aromatic carbocycles. The Bertz CT molecular complexity index is 672. The lowest BCUT2D eigenvalue weighted by Crippen LogP contribution is -2.56. The first-order valence-corrected chi connectivity index (χ1v) is 9.99. The van der Waals surface area contributed by atoms with Gasteiger partial charge in [0, 0.05) is 0 Å². The first-order valence-electron chi connectivity index (χ1n) is 9.99. The molecule has 164 valence electrons. The van der Waals surface area contributed by atoms with Gasteiger partial charge in [0.2, 0.25) is 5.91 Å². The van der Waals surface area contributed by atoms with Crippen LogP contribution in [0.3, 0.4) is 0 Å². The van der Waals surface area contributed by atoms with E-state index in [0.717, 1.165) is 24.3 Å². The van der Waals surface area contributed by atoms with E-state index in [1.165, 1.54) is 6.92 Å². The zero-order valence-corrected chi connectivity index (χ0v) is 18.0. The van der Waals surface area contributed by atoms with Gasteiger partial charge in [-0.25, -0.2) is 15.2 Å². The number of hydrogen-bond acceptors (Lipinski definition) is 7. The number of nitrogens with one attached hydrogen (secondary N) is 3. The molecule has 0 saturated carbocycles. The lowest BCUT2D eigenvalue weighted by Gasteiger charge is -2.28. The molecule has 10 nitrogen and oxygen atoms in total. The minimum Gasteiger partial charge on any atom is -0.444 e. The fourth-order valence-electron chi connectivity index (χ4n) is 3.27. The van der Waals surface area contributed by atoms with Crippen molar-refractivity contribution in [2.75, 3.05) is 0 Å².